The van der Waals surface area contributed by atoms with E-state index in [9.17, 15) is 4.79 Å². The number of carbonyl (C=O) groups is 1. The summed E-state index contributed by atoms with van der Waals surface area (Å²) >= 11 is 1.64. The number of thioether (sulfide) groups is 1. The molecule has 1 aliphatic heterocycles. The summed E-state index contributed by atoms with van der Waals surface area (Å²) < 4.78 is 0. The van der Waals surface area contributed by atoms with E-state index in [1.54, 1.807) is 11.8 Å². The Morgan fingerprint density at radius 2 is 2.18 bits per heavy atom. The summed E-state index contributed by atoms with van der Waals surface area (Å²) in [5.74, 6) is 0.233. The summed E-state index contributed by atoms with van der Waals surface area (Å²) in [5.41, 5.74) is 7.58. The van der Waals surface area contributed by atoms with Crippen molar-refractivity contribution in [2.75, 3.05) is 17.2 Å². The van der Waals surface area contributed by atoms with E-state index >= 15 is 0 Å². The Morgan fingerprint density at radius 1 is 1.41 bits per heavy atom. The summed E-state index contributed by atoms with van der Waals surface area (Å²) in [6, 6.07) is 5.79. The highest BCUT2D eigenvalue weighted by Gasteiger charge is 2.31. The normalized spacial score (nSPS) is 19.3. The van der Waals surface area contributed by atoms with Crippen LogP contribution in [0, 0.1) is 0 Å². The molecule has 1 aromatic rings. The van der Waals surface area contributed by atoms with Crippen LogP contribution in [-0.4, -0.2) is 17.7 Å². The topological polar surface area (TPSA) is 46.3 Å². The molecule has 1 amide bonds. The van der Waals surface area contributed by atoms with Gasteiger partial charge < -0.3 is 10.6 Å². The van der Waals surface area contributed by atoms with Gasteiger partial charge in [0.1, 0.15) is 0 Å². The van der Waals surface area contributed by atoms with E-state index in [1.807, 2.05) is 23.1 Å². The van der Waals surface area contributed by atoms with Gasteiger partial charge in [-0.3, -0.25) is 4.79 Å². The van der Waals surface area contributed by atoms with Crippen molar-refractivity contribution in [2.45, 2.75) is 36.8 Å². The first-order chi connectivity index (χ1) is 8.17. The molecular formula is C13H18N2OS. The fraction of sp³-hybridized carbons (Fsp3) is 0.462. The number of anilines is 2. The number of hydrogen-bond donors (Lipinski definition) is 1. The molecule has 4 heteroatoms. The van der Waals surface area contributed by atoms with E-state index in [2.05, 4.69) is 13.8 Å². The fourth-order valence-electron chi connectivity index (χ4n) is 2.06. The second-order valence-electron chi connectivity index (χ2n) is 4.23. The van der Waals surface area contributed by atoms with Crippen LogP contribution in [-0.2, 0) is 4.79 Å². The Bertz CT molecular complexity index is 433. The van der Waals surface area contributed by atoms with Crippen LogP contribution in [0.15, 0.2) is 23.1 Å². The lowest BCUT2D eigenvalue weighted by molar-refractivity contribution is -0.118. The molecular weight excluding hydrogens is 232 g/mol. The standard InChI is InChI=1S/C13H18N2OS/c1-3-7-15-10-6-5-9(14)8-12(10)17-11(4-2)13(15)16/h5-6,8,11H,3-4,7,14H2,1-2H3. The second-order valence-corrected chi connectivity index (χ2v) is 5.48. The molecule has 1 unspecified atom stereocenters. The number of rotatable bonds is 3. The van der Waals surface area contributed by atoms with E-state index in [-0.39, 0.29) is 11.2 Å². The third kappa shape index (κ3) is 2.27. The van der Waals surface area contributed by atoms with Gasteiger partial charge in [-0.25, -0.2) is 0 Å². The molecule has 92 valence electrons. The van der Waals surface area contributed by atoms with Crippen molar-refractivity contribution in [2.24, 2.45) is 0 Å². The minimum Gasteiger partial charge on any atom is -0.399 e. The Labute approximate surface area is 106 Å². The number of nitrogen functional groups attached to an aromatic ring is 1. The van der Waals surface area contributed by atoms with Gasteiger partial charge in [0.25, 0.3) is 0 Å². The van der Waals surface area contributed by atoms with E-state index in [0.717, 1.165) is 35.7 Å². The van der Waals surface area contributed by atoms with Gasteiger partial charge in [0.15, 0.2) is 0 Å². The van der Waals surface area contributed by atoms with Crippen LogP contribution in [0.3, 0.4) is 0 Å². The number of carbonyl (C=O) groups excluding carboxylic acids is 1. The van der Waals surface area contributed by atoms with Gasteiger partial charge in [0.2, 0.25) is 5.91 Å². The highest BCUT2D eigenvalue weighted by molar-refractivity contribution is 8.01. The SMILES string of the molecule is CCCN1C(=O)C(CC)Sc2cc(N)ccc21. The number of hydrogen-bond acceptors (Lipinski definition) is 3. The van der Waals surface area contributed by atoms with Crippen LogP contribution in [0.25, 0.3) is 0 Å². The lowest BCUT2D eigenvalue weighted by atomic mass is 10.2. The molecule has 1 aromatic carbocycles. The first-order valence-corrected chi connectivity index (χ1v) is 6.92. The quantitative estimate of drug-likeness (QED) is 0.839. The summed E-state index contributed by atoms with van der Waals surface area (Å²) in [5, 5.41) is 0.0378. The molecule has 0 bridgehead atoms. The molecule has 1 atom stereocenters. The molecule has 0 spiro atoms. The average Bonchev–Trinajstić information content (AvgIpc) is 2.32. The molecule has 1 heterocycles. The Morgan fingerprint density at radius 3 is 2.82 bits per heavy atom. The van der Waals surface area contributed by atoms with Gasteiger partial charge in [-0.05, 0) is 31.0 Å². The van der Waals surface area contributed by atoms with Crippen molar-refractivity contribution in [3.63, 3.8) is 0 Å². The number of benzene rings is 1. The number of fused-ring (bicyclic) bond motifs is 1. The molecule has 3 nitrogen and oxygen atoms in total. The van der Waals surface area contributed by atoms with Crippen LogP contribution in [0.2, 0.25) is 0 Å². The highest BCUT2D eigenvalue weighted by Crippen LogP contribution is 2.41. The highest BCUT2D eigenvalue weighted by atomic mass is 32.2. The van der Waals surface area contributed by atoms with E-state index in [0.29, 0.717) is 0 Å². The van der Waals surface area contributed by atoms with Crippen molar-refractivity contribution >= 4 is 29.0 Å². The monoisotopic (exact) mass is 250 g/mol. The van der Waals surface area contributed by atoms with E-state index in [1.165, 1.54) is 0 Å². The Hall–Kier alpha value is -1.16. The predicted molar refractivity (Wildman–Crippen MR) is 73.4 cm³/mol. The largest absolute Gasteiger partial charge is 0.399 e. The fourth-order valence-corrected chi connectivity index (χ4v) is 3.26. The van der Waals surface area contributed by atoms with Gasteiger partial charge in [0.05, 0.1) is 10.9 Å². The van der Waals surface area contributed by atoms with Crippen LogP contribution in [0.5, 0.6) is 0 Å². The summed E-state index contributed by atoms with van der Waals surface area (Å²) in [6.45, 7) is 4.93. The maximum atomic E-state index is 12.3. The summed E-state index contributed by atoms with van der Waals surface area (Å²) in [6.07, 6.45) is 1.83. The third-order valence-electron chi connectivity index (χ3n) is 2.90. The molecule has 2 rings (SSSR count). The van der Waals surface area contributed by atoms with Gasteiger partial charge >= 0.3 is 0 Å². The maximum absolute atomic E-state index is 12.3. The van der Waals surface area contributed by atoms with Crippen LogP contribution in [0.4, 0.5) is 11.4 Å². The second kappa shape index (κ2) is 5.00. The Kier molecular flexibility index (Phi) is 3.62. The maximum Gasteiger partial charge on any atom is 0.240 e. The van der Waals surface area contributed by atoms with Crippen LogP contribution >= 0.6 is 11.8 Å². The smallest absolute Gasteiger partial charge is 0.240 e. The zero-order valence-corrected chi connectivity index (χ0v) is 11.1. The number of nitrogens with two attached hydrogens (primary N) is 1. The van der Waals surface area contributed by atoms with Crippen molar-refractivity contribution in [1.82, 2.24) is 0 Å². The number of amides is 1. The average molecular weight is 250 g/mol. The Balaban J connectivity index is 2.42. The molecule has 0 aliphatic carbocycles. The predicted octanol–water partition coefficient (Wildman–Crippen LogP) is 2.90. The van der Waals surface area contributed by atoms with Crippen molar-refractivity contribution in [3.05, 3.63) is 18.2 Å². The lowest BCUT2D eigenvalue weighted by Gasteiger charge is -2.33. The van der Waals surface area contributed by atoms with Crippen molar-refractivity contribution in [1.29, 1.82) is 0 Å². The van der Waals surface area contributed by atoms with E-state index in [4.69, 9.17) is 5.73 Å². The van der Waals surface area contributed by atoms with Gasteiger partial charge in [-0.15, -0.1) is 11.8 Å². The first-order valence-electron chi connectivity index (χ1n) is 6.05. The molecule has 2 N–H and O–H groups in total. The lowest BCUT2D eigenvalue weighted by Crippen LogP contribution is -2.41. The zero-order chi connectivity index (χ0) is 12.4. The molecule has 1 aliphatic rings. The first kappa shape index (κ1) is 12.3. The minimum absolute atomic E-state index is 0.0378. The van der Waals surface area contributed by atoms with Crippen molar-refractivity contribution in [3.8, 4) is 0 Å². The van der Waals surface area contributed by atoms with Crippen LogP contribution < -0.4 is 10.6 Å². The third-order valence-corrected chi connectivity index (χ3v) is 4.30. The van der Waals surface area contributed by atoms with Gasteiger partial charge in [0, 0.05) is 17.1 Å². The molecule has 0 aromatic heterocycles. The summed E-state index contributed by atoms with van der Waals surface area (Å²) in [7, 11) is 0. The molecule has 0 fully saturated rings. The van der Waals surface area contributed by atoms with Crippen molar-refractivity contribution < 1.29 is 4.79 Å². The number of nitrogens with zero attached hydrogens (tertiary/aromatic N) is 1. The van der Waals surface area contributed by atoms with E-state index < -0.39 is 0 Å². The van der Waals surface area contributed by atoms with Gasteiger partial charge in [-0.1, -0.05) is 13.8 Å². The summed E-state index contributed by atoms with van der Waals surface area (Å²) in [4.78, 5) is 15.3. The molecule has 0 saturated carbocycles. The minimum atomic E-state index is 0.0378. The zero-order valence-electron chi connectivity index (χ0n) is 10.3. The molecule has 17 heavy (non-hydrogen) atoms. The van der Waals surface area contributed by atoms with Gasteiger partial charge in [-0.2, -0.15) is 0 Å². The van der Waals surface area contributed by atoms with Crippen LogP contribution in [0.1, 0.15) is 26.7 Å². The molecule has 0 radical (unpaired) electrons. The molecule has 0 saturated heterocycles.